The number of hydrogen-bond donors (Lipinski definition) is 1. The van der Waals surface area contributed by atoms with Crippen LogP contribution >= 0.6 is 23.2 Å². The summed E-state index contributed by atoms with van der Waals surface area (Å²) < 4.78 is 0. The third-order valence-electron chi connectivity index (χ3n) is 3.83. The minimum atomic E-state index is 0.385. The maximum Gasteiger partial charge on any atom is 0.0595 e. The summed E-state index contributed by atoms with van der Waals surface area (Å²) in [6.45, 7) is 4.48. The molecule has 0 spiro atoms. The molecule has 0 bridgehead atoms. The van der Waals surface area contributed by atoms with Gasteiger partial charge in [0.15, 0.2) is 0 Å². The molecular formula is C14H20Cl2N2. The van der Waals surface area contributed by atoms with Gasteiger partial charge in [0.05, 0.1) is 10.0 Å². The molecule has 100 valence electrons. The molecule has 1 aromatic rings. The third kappa shape index (κ3) is 3.18. The fraction of sp³-hybridized carbons (Fsp3) is 0.571. The van der Waals surface area contributed by atoms with Gasteiger partial charge >= 0.3 is 0 Å². The summed E-state index contributed by atoms with van der Waals surface area (Å²) in [5, 5.41) is 4.64. The molecule has 0 amide bonds. The summed E-state index contributed by atoms with van der Waals surface area (Å²) in [6, 6.07) is 6.93. The molecule has 2 rings (SSSR count). The molecule has 1 saturated heterocycles. The molecular weight excluding hydrogens is 267 g/mol. The van der Waals surface area contributed by atoms with Crippen molar-refractivity contribution in [2.45, 2.75) is 31.8 Å². The van der Waals surface area contributed by atoms with Crippen LogP contribution in [0.4, 0.5) is 0 Å². The topological polar surface area (TPSA) is 15.3 Å². The van der Waals surface area contributed by atoms with Gasteiger partial charge in [0.1, 0.15) is 0 Å². The molecule has 0 aromatic heterocycles. The highest BCUT2D eigenvalue weighted by molar-refractivity contribution is 6.42. The van der Waals surface area contributed by atoms with Crippen molar-refractivity contribution >= 4 is 23.2 Å². The second-order valence-electron chi connectivity index (χ2n) is 4.97. The summed E-state index contributed by atoms with van der Waals surface area (Å²) in [6.07, 6.45) is 2.51. The fourth-order valence-corrected chi connectivity index (χ4v) is 2.88. The first-order chi connectivity index (χ1) is 8.61. The zero-order valence-electron chi connectivity index (χ0n) is 10.9. The lowest BCUT2D eigenvalue weighted by Crippen LogP contribution is -2.45. The van der Waals surface area contributed by atoms with Crippen LogP contribution < -0.4 is 5.32 Å². The quantitative estimate of drug-likeness (QED) is 0.911. The van der Waals surface area contributed by atoms with Gasteiger partial charge in [-0.3, -0.25) is 4.90 Å². The van der Waals surface area contributed by atoms with E-state index in [0.717, 1.165) is 13.1 Å². The van der Waals surface area contributed by atoms with Crippen molar-refractivity contribution in [3.05, 3.63) is 33.8 Å². The fourth-order valence-electron chi connectivity index (χ4n) is 2.58. The van der Waals surface area contributed by atoms with Crippen molar-refractivity contribution in [3.8, 4) is 0 Å². The van der Waals surface area contributed by atoms with Crippen LogP contribution in [0.1, 0.15) is 31.4 Å². The Hall–Kier alpha value is -0.280. The first kappa shape index (κ1) is 14.1. The number of likely N-dealkylation sites (N-methyl/N-ethyl adjacent to an activating group) is 1. The Balaban J connectivity index is 2.10. The predicted octanol–water partition coefficient (Wildman–Crippen LogP) is 3.74. The molecule has 1 aliphatic heterocycles. The normalized spacial score (nSPS) is 23.0. The van der Waals surface area contributed by atoms with E-state index in [2.05, 4.69) is 23.2 Å². The molecule has 1 aliphatic rings. The standard InChI is InChI=1S/C14H20Cl2N2/c1-10(11-5-6-13(15)14(16)8-11)18-7-3-4-12(9-18)17-2/h5-6,8,10,12,17H,3-4,7,9H2,1-2H3. The Morgan fingerprint density at radius 1 is 1.33 bits per heavy atom. The predicted molar refractivity (Wildman–Crippen MR) is 78.5 cm³/mol. The maximum absolute atomic E-state index is 6.09. The lowest BCUT2D eigenvalue weighted by Gasteiger charge is -2.37. The van der Waals surface area contributed by atoms with Gasteiger partial charge in [-0.2, -0.15) is 0 Å². The number of halogens is 2. The van der Waals surface area contributed by atoms with Crippen LogP contribution in [0.15, 0.2) is 18.2 Å². The Morgan fingerprint density at radius 2 is 2.11 bits per heavy atom. The monoisotopic (exact) mass is 286 g/mol. The van der Waals surface area contributed by atoms with E-state index in [4.69, 9.17) is 23.2 Å². The van der Waals surface area contributed by atoms with Gasteiger partial charge in [-0.1, -0.05) is 29.3 Å². The van der Waals surface area contributed by atoms with Crippen LogP contribution in [-0.4, -0.2) is 31.1 Å². The number of rotatable bonds is 3. The van der Waals surface area contributed by atoms with E-state index in [1.54, 1.807) is 0 Å². The van der Waals surface area contributed by atoms with Crippen molar-refractivity contribution in [1.29, 1.82) is 0 Å². The zero-order chi connectivity index (χ0) is 13.1. The molecule has 0 radical (unpaired) electrons. The molecule has 4 heteroatoms. The van der Waals surface area contributed by atoms with Crippen LogP contribution in [0.5, 0.6) is 0 Å². The van der Waals surface area contributed by atoms with Crippen LogP contribution in [0.2, 0.25) is 10.0 Å². The SMILES string of the molecule is CNC1CCCN(C(C)c2ccc(Cl)c(Cl)c2)C1. The van der Waals surface area contributed by atoms with E-state index in [0.29, 0.717) is 22.1 Å². The van der Waals surface area contributed by atoms with Crippen molar-refractivity contribution in [3.63, 3.8) is 0 Å². The number of benzene rings is 1. The summed E-state index contributed by atoms with van der Waals surface area (Å²) in [4.78, 5) is 2.50. The Morgan fingerprint density at radius 3 is 2.78 bits per heavy atom. The summed E-state index contributed by atoms with van der Waals surface area (Å²) in [5.41, 5.74) is 1.24. The van der Waals surface area contributed by atoms with Crippen molar-refractivity contribution in [2.75, 3.05) is 20.1 Å². The van der Waals surface area contributed by atoms with Gasteiger partial charge in [0.25, 0.3) is 0 Å². The minimum absolute atomic E-state index is 0.385. The van der Waals surface area contributed by atoms with Gasteiger partial charge in [-0.25, -0.2) is 0 Å². The molecule has 1 aromatic carbocycles. The highest BCUT2D eigenvalue weighted by Gasteiger charge is 2.23. The third-order valence-corrected chi connectivity index (χ3v) is 4.57. The molecule has 2 atom stereocenters. The molecule has 0 aliphatic carbocycles. The van der Waals surface area contributed by atoms with Crippen molar-refractivity contribution < 1.29 is 0 Å². The van der Waals surface area contributed by atoms with Gasteiger partial charge in [-0.15, -0.1) is 0 Å². The second-order valence-corrected chi connectivity index (χ2v) is 5.79. The highest BCUT2D eigenvalue weighted by atomic mass is 35.5. The van der Waals surface area contributed by atoms with Gasteiger partial charge in [0.2, 0.25) is 0 Å². The van der Waals surface area contributed by atoms with Gasteiger partial charge in [-0.05, 0) is 51.1 Å². The molecule has 1 N–H and O–H groups in total. The molecule has 18 heavy (non-hydrogen) atoms. The van der Waals surface area contributed by atoms with E-state index < -0.39 is 0 Å². The first-order valence-corrected chi connectivity index (χ1v) is 7.23. The average molecular weight is 287 g/mol. The van der Waals surface area contributed by atoms with Gasteiger partial charge in [0, 0.05) is 18.6 Å². The average Bonchev–Trinajstić information content (AvgIpc) is 2.41. The van der Waals surface area contributed by atoms with E-state index in [-0.39, 0.29) is 0 Å². The van der Waals surface area contributed by atoms with Crippen molar-refractivity contribution in [2.24, 2.45) is 0 Å². The first-order valence-electron chi connectivity index (χ1n) is 6.48. The largest absolute Gasteiger partial charge is 0.316 e. The number of hydrogen-bond acceptors (Lipinski definition) is 2. The number of piperidine rings is 1. The molecule has 2 nitrogen and oxygen atoms in total. The summed E-state index contributed by atoms with van der Waals surface area (Å²) in [5.74, 6) is 0. The number of nitrogens with one attached hydrogen (secondary N) is 1. The Kier molecular flexibility index (Phi) is 4.91. The van der Waals surface area contributed by atoms with E-state index >= 15 is 0 Å². The zero-order valence-corrected chi connectivity index (χ0v) is 12.4. The lowest BCUT2D eigenvalue weighted by molar-refractivity contribution is 0.149. The van der Waals surface area contributed by atoms with E-state index in [9.17, 15) is 0 Å². The summed E-state index contributed by atoms with van der Waals surface area (Å²) in [7, 11) is 2.04. The molecule has 0 saturated carbocycles. The van der Waals surface area contributed by atoms with Crippen LogP contribution in [-0.2, 0) is 0 Å². The lowest BCUT2D eigenvalue weighted by atomic mass is 10.0. The van der Waals surface area contributed by atoms with Crippen molar-refractivity contribution in [1.82, 2.24) is 10.2 Å². The Bertz CT molecular complexity index is 409. The van der Waals surface area contributed by atoms with E-state index in [1.807, 2.05) is 19.2 Å². The number of likely N-dealkylation sites (tertiary alicyclic amines) is 1. The molecule has 1 fully saturated rings. The van der Waals surface area contributed by atoms with Gasteiger partial charge < -0.3 is 5.32 Å². The highest BCUT2D eigenvalue weighted by Crippen LogP contribution is 2.29. The Labute approximate surface area is 119 Å². The van der Waals surface area contributed by atoms with Crippen LogP contribution in [0.25, 0.3) is 0 Å². The number of nitrogens with zero attached hydrogens (tertiary/aromatic N) is 1. The summed E-state index contributed by atoms with van der Waals surface area (Å²) >= 11 is 12.1. The molecule has 1 heterocycles. The maximum atomic E-state index is 6.09. The second kappa shape index (κ2) is 6.25. The van der Waals surface area contributed by atoms with E-state index in [1.165, 1.54) is 18.4 Å². The van der Waals surface area contributed by atoms with Crippen LogP contribution in [0, 0.1) is 0 Å². The molecule has 2 unspecified atom stereocenters. The minimum Gasteiger partial charge on any atom is -0.316 e. The smallest absolute Gasteiger partial charge is 0.0595 e. The van der Waals surface area contributed by atoms with Crippen LogP contribution in [0.3, 0.4) is 0 Å².